The average Bonchev–Trinajstić information content (AvgIpc) is 2.95. The van der Waals surface area contributed by atoms with Crippen LogP contribution in [0.4, 0.5) is 0 Å². The van der Waals surface area contributed by atoms with E-state index < -0.39 is 0 Å². The van der Waals surface area contributed by atoms with Crippen molar-refractivity contribution < 1.29 is 9.90 Å². The Bertz CT molecular complexity index is 487. The summed E-state index contributed by atoms with van der Waals surface area (Å²) in [5, 5.41) is 12.0. The fourth-order valence-corrected chi connectivity index (χ4v) is 3.87. The normalized spacial score (nSPS) is 20.4. The molecule has 1 aromatic heterocycles. The zero-order valence-corrected chi connectivity index (χ0v) is 14.3. The van der Waals surface area contributed by atoms with Crippen molar-refractivity contribution in [3.8, 4) is 0 Å². The van der Waals surface area contributed by atoms with E-state index in [-0.39, 0.29) is 24.6 Å². The summed E-state index contributed by atoms with van der Waals surface area (Å²) >= 11 is 1.54. The predicted octanol–water partition coefficient (Wildman–Crippen LogP) is 2.10. The molecule has 1 aliphatic heterocycles. The van der Waals surface area contributed by atoms with E-state index in [2.05, 4.69) is 18.8 Å². The van der Waals surface area contributed by atoms with Crippen molar-refractivity contribution in [1.29, 1.82) is 0 Å². The molecule has 0 aromatic carbocycles. The first kappa shape index (κ1) is 17.4. The molecular weight excluding hydrogens is 298 g/mol. The summed E-state index contributed by atoms with van der Waals surface area (Å²) in [7, 11) is 0. The average molecular weight is 325 g/mol. The van der Waals surface area contributed by atoms with E-state index in [0.717, 1.165) is 36.5 Å². The topological polar surface area (TPSA) is 79.5 Å². The van der Waals surface area contributed by atoms with Gasteiger partial charge in [-0.25, -0.2) is 4.98 Å². The molecule has 0 aliphatic carbocycles. The molecule has 0 radical (unpaired) electrons. The number of aliphatic hydroxyl groups excluding tert-OH is 1. The van der Waals surface area contributed by atoms with Crippen LogP contribution in [-0.4, -0.2) is 40.1 Å². The summed E-state index contributed by atoms with van der Waals surface area (Å²) in [5.41, 5.74) is 6.93. The van der Waals surface area contributed by atoms with Crippen molar-refractivity contribution in [1.82, 2.24) is 9.88 Å². The minimum atomic E-state index is -0.0639. The molecule has 1 aliphatic rings. The lowest BCUT2D eigenvalue weighted by Gasteiger charge is -2.35. The molecule has 1 amide bonds. The van der Waals surface area contributed by atoms with E-state index in [1.165, 1.54) is 11.3 Å². The van der Waals surface area contributed by atoms with Crippen LogP contribution in [0.3, 0.4) is 0 Å². The van der Waals surface area contributed by atoms with Crippen molar-refractivity contribution in [3.05, 3.63) is 16.1 Å². The third-order valence-electron chi connectivity index (χ3n) is 4.32. The molecule has 22 heavy (non-hydrogen) atoms. The number of piperidine rings is 1. The maximum absolute atomic E-state index is 12.5. The zero-order chi connectivity index (χ0) is 16.1. The minimum absolute atomic E-state index is 0.0639. The molecule has 2 heterocycles. The molecule has 6 heteroatoms. The highest BCUT2D eigenvalue weighted by atomic mass is 32.1. The summed E-state index contributed by atoms with van der Waals surface area (Å²) in [5.74, 6) is 0.457. The molecule has 2 atom stereocenters. The number of rotatable bonds is 6. The van der Waals surface area contributed by atoms with Crippen LogP contribution in [0.15, 0.2) is 5.38 Å². The molecule has 1 aromatic rings. The van der Waals surface area contributed by atoms with E-state index in [4.69, 9.17) is 10.8 Å². The van der Waals surface area contributed by atoms with Gasteiger partial charge in [0.25, 0.3) is 0 Å². The number of hydrogen-bond donors (Lipinski definition) is 2. The first-order valence-electron chi connectivity index (χ1n) is 8.13. The highest BCUT2D eigenvalue weighted by Gasteiger charge is 2.26. The van der Waals surface area contributed by atoms with E-state index in [0.29, 0.717) is 18.8 Å². The quantitative estimate of drug-likeness (QED) is 0.839. The Morgan fingerprint density at radius 3 is 3.00 bits per heavy atom. The van der Waals surface area contributed by atoms with E-state index in [9.17, 15) is 4.79 Å². The number of amides is 1. The molecule has 0 spiro atoms. The highest BCUT2D eigenvalue weighted by Crippen LogP contribution is 2.24. The van der Waals surface area contributed by atoms with Crippen molar-refractivity contribution >= 4 is 17.2 Å². The van der Waals surface area contributed by atoms with Crippen molar-refractivity contribution in [3.63, 3.8) is 0 Å². The Hall–Kier alpha value is -0.980. The van der Waals surface area contributed by atoms with Crippen LogP contribution in [-0.2, 0) is 11.2 Å². The van der Waals surface area contributed by atoms with Gasteiger partial charge in [-0.05, 0) is 31.6 Å². The van der Waals surface area contributed by atoms with Gasteiger partial charge in [-0.2, -0.15) is 0 Å². The monoisotopic (exact) mass is 325 g/mol. The Morgan fingerprint density at radius 1 is 1.55 bits per heavy atom. The second kappa shape index (κ2) is 8.04. The lowest BCUT2D eigenvalue weighted by atomic mass is 9.99. The second-order valence-corrected chi connectivity index (χ2v) is 7.26. The van der Waals surface area contributed by atoms with Gasteiger partial charge in [0.05, 0.1) is 18.2 Å². The van der Waals surface area contributed by atoms with Gasteiger partial charge < -0.3 is 15.7 Å². The summed E-state index contributed by atoms with van der Waals surface area (Å²) in [6, 6.07) is 0.119. The van der Waals surface area contributed by atoms with Gasteiger partial charge in [0.1, 0.15) is 5.01 Å². The molecule has 1 fully saturated rings. The Balaban J connectivity index is 1.98. The van der Waals surface area contributed by atoms with Crippen LogP contribution in [0.1, 0.15) is 56.3 Å². The predicted molar refractivity (Wildman–Crippen MR) is 88.6 cm³/mol. The van der Waals surface area contributed by atoms with E-state index in [1.54, 1.807) is 0 Å². The SMILES string of the molecule is CC(C)C(N)c1nc(CC(=O)N2CCCCC2CCO)cs1. The number of carbonyl (C=O) groups is 1. The van der Waals surface area contributed by atoms with E-state index in [1.807, 2.05) is 10.3 Å². The minimum Gasteiger partial charge on any atom is -0.396 e. The smallest absolute Gasteiger partial charge is 0.228 e. The van der Waals surface area contributed by atoms with Gasteiger partial charge in [0.2, 0.25) is 5.91 Å². The van der Waals surface area contributed by atoms with Crippen LogP contribution < -0.4 is 5.73 Å². The summed E-state index contributed by atoms with van der Waals surface area (Å²) in [6.45, 7) is 5.08. The van der Waals surface area contributed by atoms with Gasteiger partial charge >= 0.3 is 0 Å². The number of carbonyl (C=O) groups excluding carboxylic acids is 1. The Morgan fingerprint density at radius 2 is 2.32 bits per heavy atom. The van der Waals surface area contributed by atoms with Crippen LogP contribution in [0.25, 0.3) is 0 Å². The molecule has 3 N–H and O–H groups in total. The summed E-state index contributed by atoms with van der Waals surface area (Å²) < 4.78 is 0. The number of aliphatic hydroxyl groups is 1. The molecular formula is C16H27N3O2S. The molecule has 0 saturated carbocycles. The highest BCUT2D eigenvalue weighted by molar-refractivity contribution is 7.09. The van der Waals surface area contributed by atoms with E-state index >= 15 is 0 Å². The molecule has 5 nitrogen and oxygen atoms in total. The Kier molecular flexibility index (Phi) is 6.35. The lowest BCUT2D eigenvalue weighted by Crippen LogP contribution is -2.44. The molecule has 1 saturated heterocycles. The first-order chi connectivity index (χ1) is 10.5. The van der Waals surface area contributed by atoms with Crippen LogP contribution in [0, 0.1) is 5.92 Å². The molecule has 2 rings (SSSR count). The van der Waals surface area contributed by atoms with Crippen molar-refractivity contribution in [2.75, 3.05) is 13.2 Å². The standard InChI is InChI=1S/C16H27N3O2S/c1-11(2)15(17)16-18-12(10-22-16)9-14(21)19-7-4-3-5-13(19)6-8-20/h10-11,13,15,20H,3-9,17H2,1-2H3. The van der Waals surface area contributed by atoms with Crippen molar-refractivity contribution in [2.24, 2.45) is 11.7 Å². The molecule has 0 bridgehead atoms. The number of nitrogens with two attached hydrogens (primary N) is 1. The third kappa shape index (κ3) is 4.27. The number of hydrogen-bond acceptors (Lipinski definition) is 5. The van der Waals surface area contributed by atoms with Gasteiger partial charge in [-0.1, -0.05) is 13.8 Å². The maximum Gasteiger partial charge on any atom is 0.228 e. The third-order valence-corrected chi connectivity index (χ3v) is 5.31. The lowest BCUT2D eigenvalue weighted by molar-refractivity contribution is -0.134. The van der Waals surface area contributed by atoms with Gasteiger partial charge in [-0.3, -0.25) is 4.79 Å². The fraction of sp³-hybridized carbons (Fsp3) is 0.750. The zero-order valence-electron chi connectivity index (χ0n) is 13.5. The fourth-order valence-electron chi connectivity index (χ4n) is 2.88. The Labute approximate surface area is 136 Å². The number of thiazole rings is 1. The van der Waals surface area contributed by atoms with Crippen LogP contribution in [0.5, 0.6) is 0 Å². The van der Waals surface area contributed by atoms with Crippen LogP contribution in [0.2, 0.25) is 0 Å². The summed E-state index contributed by atoms with van der Waals surface area (Å²) in [6.07, 6.45) is 4.19. The van der Waals surface area contributed by atoms with Gasteiger partial charge in [-0.15, -0.1) is 11.3 Å². The molecule has 124 valence electrons. The maximum atomic E-state index is 12.5. The van der Waals surface area contributed by atoms with Crippen LogP contribution >= 0.6 is 11.3 Å². The van der Waals surface area contributed by atoms with Crippen molar-refractivity contribution in [2.45, 2.75) is 58.0 Å². The summed E-state index contributed by atoms with van der Waals surface area (Å²) in [4.78, 5) is 19.0. The first-order valence-corrected chi connectivity index (χ1v) is 9.01. The number of likely N-dealkylation sites (tertiary alicyclic amines) is 1. The van der Waals surface area contributed by atoms with Gasteiger partial charge in [0, 0.05) is 24.6 Å². The largest absolute Gasteiger partial charge is 0.396 e. The second-order valence-electron chi connectivity index (χ2n) is 6.37. The number of nitrogens with zero attached hydrogens (tertiary/aromatic N) is 2. The molecule has 2 unspecified atom stereocenters. The number of aromatic nitrogens is 1. The van der Waals surface area contributed by atoms with Gasteiger partial charge in [0.15, 0.2) is 0 Å².